The molecule has 2 aliphatic rings. The zero-order chi connectivity index (χ0) is 16.1. The lowest BCUT2D eigenvalue weighted by molar-refractivity contribution is -0.136. The Labute approximate surface area is 137 Å². The van der Waals surface area contributed by atoms with Crippen LogP contribution in [0.2, 0.25) is 0 Å². The van der Waals surface area contributed by atoms with Crippen LogP contribution in [0, 0.1) is 5.92 Å². The second-order valence-electron chi connectivity index (χ2n) is 6.52. The third-order valence-electron chi connectivity index (χ3n) is 4.93. The molecule has 2 fully saturated rings. The van der Waals surface area contributed by atoms with Gasteiger partial charge in [0, 0.05) is 38.3 Å². The van der Waals surface area contributed by atoms with Gasteiger partial charge in [0.1, 0.15) is 5.69 Å². The molecule has 0 atom stereocenters. The maximum Gasteiger partial charge on any atom is 0.272 e. The normalized spacial score (nSPS) is 20.2. The summed E-state index contributed by atoms with van der Waals surface area (Å²) in [6, 6.07) is 5.39. The summed E-state index contributed by atoms with van der Waals surface area (Å²) in [5.74, 6) is 0.483. The van der Waals surface area contributed by atoms with E-state index < -0.39 is 0 Å². The second kappa shape index (κ2) is 7.57. The van der Waals surface area contributed by atoms with Gasteiger partial charge in [-0.2, -0.15) is 0 Å². The van der Waals surface area contributed by atoms with E-state index in [1.807, 2.05) is 21.9 Å². The lowest BCUT2D eigenvalue weighted by Gasteiger charge is -2.28. The van der Waals surface area contributed by atoms with Crippen LogP contribution in [-0.2, 0) is 4.79 Å². The van der Waals surface area contributed by atoms with E-state index in [4.69, 9.17) is 0 Å². The summed E-state index contributed by atoms with van der Waals surface area (Å²) in [6.07, 6.45) is 8.16. The molecule has 0 spiro atoms. The Kier molecular flexibility index (Phi) is 5.26. The molecule has 1 aliphatic heterocycles. The standard InChI is InChI=1S/C18H25N3O2/c22-17(15-7-2-1-3-8-15)20-11-6-12-21(14-13-20)18(23)16-9-4-5-10-19-16/h4-5,9-10,15H,1-3,6-8,11-14H2. The minimum Gasteiger partial charge on any atom is -0.341 e. The van der Waals surface area contributed by atoms with Crippen LogP contribution in [0.1, 0.15) is 49.0 Å². The second-order valence-corrected chi connectivity index (χ2v) is 6.52. The number of carbonyl (C=O) groups is 2. The average Bonchev–Trinajstić information content (AvgIpc) is 2.88. The molecule has 1 saturated carbocycles. The molecule has 1 aromatic rings. The van der Waals surface area contributed by atoms with Crippen LogP contribution >= 0.6 is 0 Å². The largest absolute Gasteiger partial charge is 0.341 e. The number of carbonyl (C=O) groups excluding carboxylic acids is 2. The van der Waals surface area contributed by atoms with Gasteiger partial charge in [0.25, 0.3) is 5.91 Å². The zero-order valence-electron chi connectivity index (χ0n) is 13.6. The van der Waals surface area contributed by atoms with E-state index in [0.29, 0.717) is 31.2 Å². The number of amides is 2. The molecule has 124 valence electrons. The first-order valence-corrected chi connectivity index (χ1v) is 8.75. The van der Waals surface area contributed by atoms with Crippen LogP contribution in [0.3, 0.4) is 0 Å². The molecular formula is C18H25N3O2. The first-order valence-electron chi connectivity index (χ1n) is 8.75. The van der Waals surface area contributed by atoms with Crippen molar-refractivity contribution in [1.82, 2.24) is 14.8 Å². The Bertz CT molecular complexity index is 540. The minimum atomic E-state index is -0.0300. The summed E-state index contributed by atoms with van der Waals surface area (Å²) in [5.41, 5.74) is 0.486. The van der Waals surface area contributed by atoms with Crippen molar-refractivity contribution in [3.63, 3.8) is 0 Å². The highest BCUT2D eigenvalue weighted by atomic mass is 16.2. The number of pyridine rings is 1. The van der Waals surface area contributed by atoms with Crippen LogP contribution in [0.25, 0.3) is 0 Å². The molecule has 0 radical (unpaired) electrons. The Morgan fingerprint density at radius 3 is 2.39 bits per heavy atom. The molecule has 2 heterocycles. The number of nitrogens with zero attached hydrogens (tertiary/aromatic N) is 3. The van der Waals surface area contributed by atoms with Crippen molar-refractivity contribution in [2.75, 3.05) is 26.2 Å². The Morgan fingerprint density at radius 1 is 0.913 bits per heavy atom. The van der Waals surface area contributed by atoms with E-state index in [1.165, 1.54) is 19.3 Å². The van der Waals surface area contributed by atoms with Crippen LogP contribution < -0.4 is 0 Å². The Morgan fingerprint density at radius 2 is 1.65 bits per heavy atom. The molecule has 2 amide bonds. The molecule has 1 aromatic heterocycles. The maximum atomic E-state index is 12.7. The van der Waals surface area contributed by atoms with Crippen LogP contribution in [-0.4, -0.2) is 52.8 Å². The SMILES string of the molecule is O=C(c1ccccn1)N1CCCN(C(=O)C2CCCCC2)CC1. The van der Waals surface area contributed by atoms with Gasteiger partial charge in [-0.05, 0) is 31.4 Å². The molecule has 0 aromatic carbocycles. The minimum absolute atomic E-state index is 0.0300. The third kappa shape index (κ3) is 3.89. The van der Waals surface area contributed by atoms with Gasteiger partial charge in [-0.25, -0.2) is 0 Å². The molecular weight excluding hydrogens is 290 g/mol. The van der Waals surface area contributed by atoms with E-state index in [1.54, 1.807) is 12.3 Å². The highest BCUT2D eigenvalue weighted by molar-refractivity contribution is 5.92. The van der Waals surface area contributed by atoms with Gasteiger partial charge in [0.15, 0.2) is 0 Å². The molecule has 5 heteroatoms. The van der Waals surface area contributed by atoms with Crippen molar-refractivity contribution < 1.29 is 9.59 Å². The summed E-state index contributed by atoms with van der Waals surface area (Å²) in [4.78, 5) is 33.1. The van der Waals surface area contributed by atoms with Crippen LogP contribution in [0.4, 0.5) is 0 Å². The highest BCUT2D eigenvalue weighted by Crippen LogP contribution is 2.25. The van der Waals surface area contributed by atoms with Gasteiger partial charge in [-0.1, -0.05) is 25.3 Å². The average molecular weight is 315 g/mol. The molecule has 0 bridgehead atoms. The number of hydrogen-bond acceptors (Lipinski definition) is 3. The van der Waals surface area contributed by atoms with E-state index in [9.17, 15) is 9.59 Å². The zero-order valence-corrected chi connectivity index (χ0v) is 13.6. The summed E-state index contributed by atoms with van der Waals surface area (Å²) in [6.45, 7) is 2.72. The van der Waals surface area contributed by atoms with Crippen molar-refractivity contribution in [2.24, 2.45) is 5.92 Å². The predicted molar refractivity (Wildman–Crippen MR) is 87.9 cm³/mol. The molecule has 1 aliphatic carbocycles. The quantitative estimate of drug-likeness (QED) is 0.842. The fourth-order valence-corrected chi connectivity index (χ4v) is 3.60. The Balaban J connectivity index is 1.58. The molecule has 5 nitrogen and oxygen atoms in total. The fraction of sp³-hybridized carbons (Fsp3) is 0.611. The van der Waals surface area contributed by atoms with Crippen molar-refractivity contribution in [3.05, 3.63) is 30.1 Å². The summed E-state index contributed by atoms with van der Waals surface area (Å²) >= 11 is 0. The Hall–Kier alpha value is -1.91. The van der Waals surface area contributed by atoms with Crippen molar-refractivity contribution in [2.45, 2.75) is 38.5 Å². The van der Waals surface area contributed by atoms with Crippen LogP contribution in [0.5, 0.6) is 0 Å². The summed E-state index contributed by atoms with van der Waals surface area (Å²) < 4.78 is 0. The molecule has 1 saturated heterocycles. The first kappa shape index (κ1) is 16.0. The molecule has 0 unspecified atom stereocenters. The smallest absolute Gasteiger partial charge is 0.272 e. The predicted octanol–water partition coefficient (Wildman–Crippen LogP) is 2.34. The summed E-state index contributed by atoms with van der Waals surface area (Å²) in [7, 11) is 0. The van der Waals surface area contributed by atoms with Gasteiger partial charge < -0.3 is 9.80 Å². The number of rotatable bonds is 2. The van der Waals surface area contributed by atoms with Crippen molar-refractivity contribution >= 4 is 11.8 Å². The monoisotopic (exact) mass is 315 g/mol. The van der Waals surface area contributed by atoms with E-state index in [-0.39, 0.29) is 11.8 Å². The lowest BCUT2D eigenvalue weighted by atomic mass is 9.88. The summed E-state index contributed by atoms with van der Waals surface area (Å²) in [5, 5.41) is 0. The van der Waals surface area contributed by atoms with Gasteiger partial charge in [-0.15, -0.1) is 0 Å². The van der Waals surface area contributed by atoms with Crippen molar-refractivity contribution in [1.29, 1.82) is 0 Å². The van der Waals surface area contributed by atoms with Gasteiger partial charge in [0.2, 0.25) is 5.91 Å². The van der Waals surface area contributed by atoms with Crippen LogP contribution in [0.15, 0.2) is 24.4 Å². The number of aromatic nitrogens is 1. The maximum absolute atomic E-state index is 12.7. The van der Waals surface area contributed by atoms with E-state index >= 15 is 0 Å². The third-order valence-corrected chi connectivity index (χ3v) is 4.93. The molecule has 0 N–H and O–H groups in total. The molecule has 23 heavy (non-hydrogen) atoms. The first-order chi connectivity index (χ1) is 11.3. The fourth-order valence-electron chi connectivity index (χ4n) is 3.60. The lowest BCUT2D eigenvalue weighted by Crippen LogP contribution is -2.40. The highest BCUT2D eigenvalue weighted by Gasteiger charge is 2.28. The molecule has 3 rings (SSSR count). The van der Waals surface area contributed by atoms with Crippen molar-refractivity contribution in [3.8, 4) is 0 Å². The van der Waals surface area contributed by atoms with Gasteiger partial charge >= 0.3 is 0 Å². The number of hydrogen-bond donors (Lipinski definition) is 0. The van der Waals surface area contributed by atoms with E-state index in [0.717, 1.165) is 25.8 Å². The van der Waals surface area contributed by atoms with E-state index in [2.05, 4.69) is 4.98 Å². The topological polar surface area (TPSA) is 53.5 Å². The van der Waals surface area contributed by atoms with Gasteiger partial charge in [-0.3, -0.25) is 14.6 Å². The van der Waals surface area contributed by atoms with Gasteiger partial charge in [0.05, 0.1) is 0 Å².